The molecule has 0 saturated heterocycles. The van der Waals surface area contributed by atoms with Gasteiger partial charge in [0.15, 0.2) is 0 Å². The van der Waals surface area contributed by atoms with Crippen molar-refractivity contribution in [3.05, 3.63) is 54.3 Å². The summed E-state index contributed by atoms with van der Waals surface area (Å²) < 4.78 is 7.62. The van der Waals surface area contributed by atoms with Crippen molar-refractivity contribution in [3.8, 4) is 0 Å². The Morgan fingerprint density at radius 2 is 2.21 bits per heavy atom. The number of hydrogen-bond acceptors (Lipinski definition) is 3. The van der Waals surface area contributed by atoms with E-state index in [0.717, 1.165) is 23.2 Å². The topological polar surface area (TPSA) is 51.2 Å². The van der Waals surface area contributed by atoms with E-state index in [-0.39, 0.29) is 0 Å². The van der Waals surface area contributed by atoms with Crippen LogP contribution in [0, 0.1) is 0 Å². The number of nitrogens with zero attached hydrogens (tertiary/aromatic N) is 2. The van der Waals surface area contributed by atoms with Crippen molar-refractivity contribution in [1.29, 1.82) is 0 Å². The number of aliphatic hydroxyl groups is 1. The zero-order valence-corrected chi connectivity index (χ0v) is 10.8. The molecule has 0 amide bonds. The van der Waals surface area contributed by atoms with Gasteiger partial charge >= 0.3 is 0 Å². The largest absolute Gasteiger partial charge is 0.458 e. The van der Waals surface area contributed by atoms with Gasteiger partial charge in [-0.05, 0) is 12.1 Å². The second-order valence-electron chi connectivity index (χ2n) is 4.55. The minimum Gasteiger partial charge on any atom is -0.458 e. The summed E-state index contributed by atoms with van der Waals surface area (Å²) in [5.41, 5.74) is 0.804. The molecule has 0 saturated carbocycles. The van der Waals surface area contributed by atoms with Crippen LogP contribution in [0.1, 0.15) is 24.6 Å². The van der Waals surface area contributed by atoms with Crippen molar-refractivity contribution < 1.29 is 9.52 Å². The maximum absolute atomic E-state index is 10.3. The molecule has 98 valence electrons. The highest BCUT2D eigenvalue weighted by Gasteiger charge is 2.15. The predicted molar refractivity (Wildman–Crippen MR) is 72.8 cm³/mol. The second kappa shape index (κ2) is 4.90. The number of aryl methyl sites for hydroxylation is 1. The molecule has 0 aliphatic rings. The first-order chi connectivity index (χ1) is 9.28. The van der Waals surface area contributed by atoms with Crippen molar-refractivity contribution in [1.82, 2.24) is 9.55 Å². The fourth-order valence-electron chi connectivity index (χ4n) is 2.26. The molecule has 0 fully saturated rings. The number of benzene rings is 1. The van der Waals surface area contributed by atoms with Gasteiger partial charge in [0, 0.05) is 24.2 Å². The molecule has 2 aromatic heterocycles. The molecule has 4 nitrogen and oxygen atoms in total. The summed E-state index contributed by atoms with van der Waals surface area (Å²) in [6.07, 6.45) is 3.82. The number of para-hydroxylation sites is 1. The molecule has 3 rings (SSSR count). The van der Waals surface area contributed by atoms with E-state index in [4.69, 9.17) is 4.42 Å². The van der Waals surface area contributed by atoms with Crippen molar-refractivity contribution in [2.45, 2.75) is 26.0 Å². The maximum atomic E-state index is 10.3. The number of hydrogen-bond donors (Lipinski definition) is 1. The van der Waals surface area contributed by atoms with E-state index < -0.39 is 6.10 Å². The van der Waals surface area contributed by atoms with Crippen molar-refractivity contribution in [2.75, 3.05) is 0 Å². The molecule has 2 heterocycles. The fourth-order valence-corrected chi connectivity index (χ4v) is 2.26. The zero-order valence-electron chi connectivity index (χ0n) is 10.8. The Morgan fingerprint density at radius 3 is 3.00 bits per heavy atom. The summed E-state index contributed by atoms with van der Waals surface area (Å²) in [6.45, 7) is 2.51. The Labute approximate surface area is 111 Å². The van der Waals surface area contributed by atoms with Gasteiger partial charge in [-0.25, -0.2) is 4.98 Å². The van der Waals surface area contributed by atoms with Crippen LogP contribution in [-0.2, 0) is 13.0 Å². The van der Waals surface area contributed by atoms with Crippen LogP contribution in [0.5, 0.6) is 0 Å². The molecule has 0 aliphatic carbocycles. The van der Waals surface area contributed by atoms with Crippen LogP contribution in [0.25, 0.3) is 11.0 Å². The summed E-state index contributed by atoms with van der Waals surface area (Å²) in [4.78, 5) is 4.25. The summed E-state index contributed by atoms with van der Waals surface area (Å²) in [7, 11) is 0. The molecule has 0 radical (unpaired) electrons. The quantitative estimate of drug-likeness (QED) is 0.780. The van der Waals surface area contributed by atoms with Crippen LogP contribution in [-0.4, -0.2) is 14.7 Å². The summed E-state index contributed by atoms with van der Waals surface area (Å²) in [6, 6.07) is 9.65. The van der Waals surface area contributed by atoms with E-state index in [1.807, 2.05) is 48.0 Å². The third-order valence-electron chi connectivity index (χ3n) is 3.26. The van der Waals surface area contributed by atoms with Gasteiger partial charge in [0.25, 0.3) is 0 Å². The van der Waals surface area contributed by atoms with Crippen LogP contribution in [0.4, 0.5) is 0 Å². The van der Waals surface area contributed by atoms with E-state index in [2.05, 4.69) is 4.98 Å². The molecule has 0 aliphatic heterocycles. The Hall–Kier alpha value is -2.07. The predicted octanol–water partition coefficient (Wildman–Crippen LogP) is 2.93. The summed E-state index contributed by atoms with van der Waals surface area (Å²) >= 11 is 0. The molecule has 19 heavy (non-hydrogen) atoms. The van der Waals surface area contributed by atoms with Gasteiger partial charge in [0.05, 0.1) is 6.54 Å². The highest BCUT2D eigenvalue weighted by atomic mass is 16.4. The Balaban J connectivity index is 1.85. The lowest BCUT2D eigenvalue weighted by Crippen LogP contribution is -2.10. The number of aliphatic hydroxyl groups excluding tert-OH is 1. The molecule has 1 N–H and O–H groups in total. The average molecular weight is 256 g/mol. The van der Waals surface area contributed by atoms with Crippen LogP contribution < -0.4 is 0 Å². The Bertz CT molecular complexity index is 651. The minimum atomic E-state index is -0.660. The Kier molecular flexibility index (Phi) is 3.09. The zero-order chi connectivity index (χ0) is 13.2. The second-order valence-corrected chi connectivity index (χ2v) is 4.55. The molecule has 1 unspecified atom stereocenters. The van der Waals surface area contributed by atoms with Crippen LogP contribution in [0.15, 0.2) is 47.1 Å². The third kappa shape index (κ3) is 2.27. The number of imidazole rings is 1. The van der Waals surface area contributed by atoms with Gasteiger partial charge in [0.1, 0.15) is 23.3 Å². The average Bonchev–Trinajstić information content (AvgIpc) is 3.03. The smallest absolute Gasteiger partial charge is 0.135 e. The van der Waals surface area contributed by atoms with Gasteiger partial charge in [0.2, 0.25) is 0 Å². The number of rotatable bonds is 4. The van der Waals surface area contributed by atoms with Gasteiger partial charge in [-0.3, -0.25) is 0 Å². The monoisotopic (exact) mass is 256 g/mol. The van der Waals surface area contributed by atoms with Gasteiger partial charge in [-0.1, -0.05) is 25.1 Å². The molecular formula is C15H16N2O2. The molecule has 4 heteroatoms. The first-order valence-corrected chi connectivity index (χ1v) is 6.44. The van der Waals surface area contributed by atoms with Crippen molar-refractivity contribution in [2.24, 2.45) is 0 Å². The van der Waals surface area contributed by atoms with E-state index in [9.17, 15) is 5.11 Å². The summed E-state index contributed by atoms with van der Waals surface area (Å²) in [5, 5.41) is 11.3. The molecule has 3 aromatic rings. The molecule has 0 spiro atoms. The van der Waals surface area contributed by atoms with Crippen LogP contribution >= 0.6 is 0 Å². The lowest BCUT2D eigenvalue weighted by molar-refractivity contribution is 0.131. The lowest BCUT2D eigenvalue weighted by Gasteiger charge is -2.10. The van der Waals surface area contributed by atoms with Crippen molar-refractivity contribution in [3.63, 3.8) is 0 Å². The first kappa shape index (κ1) is 12.0. The van der Waals surface area contributed by atoms with Crippen LogP contribution in [0.2, 0.25) is 0 Å². The normalized spacial score (nSPS) is 12.9. The standard InChI is InChI=1S/C15H16N2O2/c1-2-15-16-7-8-17(15)10-12(18)14-9-11-5-3-4-6-13(11)19-14/h3-9,12,18H,2,10H2,1H3. The fraction of sp³-hybridized carbons (Fsp3) is 0.267. The number of furan rings is 1. The molecular weight excluding hydrogens is 240 g/mol. The molecule has 1 atom stereocenters. The van der Waals surface area contributed by atoms with E-state index in [0.29, 0.717) is 12.3 Å². The molecule has 1 aromatic carbocycles. The minimum absolute atomic E-state index is 0.461. The van der Waals surface area contributed by atoms with Gasteiger partial charge in [-0.2, -0.15) is 0 Å². The SMILES string of the molecule is CCc1nccn1CC(O)c1cc2ccccc2o1. The first-order valence-electron chi connectivity index (χ1n) is 6.44. The summed E-state index contributed by atoms with van der Waals surface area (Å²) in [5.74, 6) is 1.56. The van der Waals surface area contributed by atoms with E-state index >= 15 is 0 Å². The number of aromatic nitrogens is 2. The number of fused-ring (bicyclic) bond motifs is 1. The van der Waals surface area contributed by atoms with E-state index in [1.165, 1.54) is 0 Å². The van der Waals surface area contributed by atoms with Crippen LogP contribution in [0.3, 0.4) is 0 Å². The third-order valence-corrected chi connectivity index (χ3v) is 3.26. The van der Waals surface area contributed by atoms with Gasteiger partial charge < -0.3 is 14.1 Å². The molecule has 0 bridgehead atoms. The highest BCUT2D eigenvalue weighted by Crippen LogP contribution is 2.24. The Morgan fingerprint density at radius 1 is 1.37 bits per heavy atom. The lowest BCUT2D eigenvalue weighted by atomic mass is 10.2. The maximum Gasteiger partial charge on any atom is 0.135 e. The highest BCUT2D eigenvalue weighted by molar-refractivity contribution is 5.77. The van der Waals surface area contributed by atoms with Crippen molar-refractivity contribution >= 4 is 11.0 Å². The van der Waals surface area contributed by atoms with E-state index in [1.54, 1.807) is 6.20 Å². The van der Waals surface area contributed by atoms with Gasteiger partial charge in [-0.15, -0.1) is 0 Å².